The van der Waals surface area contributed by atoms with Crippen molar-refractivity contribution in [3.05, 3.63) is 35.4 Å². The van der Waals surface area contributed by atoms with E-state index >= 15 is 0 Å². The number of hydrazine groups is 1. The summed E-state index contributed by atoms with van der Waals surface area (Å²) in [6, 6.07) is 8.86. The monoisotopic (exact) mass is 276 g/mol. The van der Waals surface area contributed by atoms with Gasteiger partial charge in [0.15, 0.2) is 0 Å². The molecular weight excluding hydrogens is 248 g/mol. The second-order valence-electron chi connectivity index (χ2n) is 5.97. The maximum atomic E-state index is 6.18. The number of nitrogens with two attached hydrogens (primary N) is 1. The van der Waals surface area contributed by atoms with Crippen molar-refractivity contribution in [3.63, 3.8) is 0 Å². The van der Waals surface area contributed by atoms with Crippen LogP contribution in [0.15, 0.2) is 24.3 Å². The molecule has 1 aliphatic rings. The Morgan fingerprint density at radius 1 is 1.30 bits per heavy atom. The quantitative estimate of drug-likeness (QED) is 0.620. The third-order valence-corrected chi connectivity index (χ3v) is 4.49. The molecular formula is C17H28N2O. The third kappa shape index (κ3) is 3.60. The highest BCUT2D eigenvalue weighted by atomic mass is 16.5. The lowest BCUT2D eigenvalue weighted by Crippen LogP contribution is -2.57. The summed E-state index contributed by atoms with van der Waals surface area (Å²) in [5, 5.41) is 0. The number of aryl methyl sites for hydroxylation is 1. The van der Waals surface area contributed by atoms with E-state index in [4.69, 9.17) is 10.6 Å². The van der Waals surface area contributed by atoms with Crippen molar-refractivity contribution in [1.29, 1.82) is 0 Å². The topological polar surface area (TPSA) is 47.3 Å². The van der Waals surface area contributed by atoms with Crippen molar-refractivity contribution in [2.45, 2.75) is 64.0 Å². The van der Waals surface area contributed by atoms with E-state index in [1.165, 1.54) is 30.4 Å². The van der Waals surface area contributed by atoms with Gasteiger partial charge in [0.2, 0.25) is 0 Å². The maximum Gasteiger partial charge on any atom is 0.0851 e. The second kappa shape index (κ2) is 7.21. The van der Waals surface area contributed by atoms with Gasteiger partial charge in [-0.3, -0.25) is 11.3 Å². The van der Waals surface area contributed by atoms with Crippen molar-refractivity contribution in [3.8, 4) is 0 Å². The molecule has 0 bridgehead atoms. The van der Waals surface area contributed by atoms with Gasteiger partial charge in [0.1, 0.15) is 0 Å². The smallest absolute Gasteiger partial charge is 0.0851 e. The predicted octanol–water partition coefficient (Wildman–Crippen LogP) is 3.11. The molecule has 0 heterocycles. The molecule has 3 heteroatoms. The molecule has 0 aliphatic heterocycles. The summed E-state index contributed by atoms with van der Waals surface area (Å²) < 4.78 is 6.18. The number of rotatable bonds is 6. The lowest BCUT2D eigenvalue weighted by Gasteiger charge is -2.43. The molecule has 1 aromatic carbocycles. The zero-order chi connectivity index (χ0) is 14.4. The highest BCUT2D eigenvalue weighted by molar-refractivity contribution is 5.23. The van der Waals surface area contributed by atoms with Gasteiger partial charge in [-0.15, -0.1) is 0 Å². The molecule has 1 saturated carbocycles. The van der Waals surface area contributed by atoms with Crippen LogP contribution in [0.5, 0.6) is 0 Å². The molecule has 0 radical (unpaired) electrons. The SMILES string of the molecule is CCOC1(C(Cc2cccc(C)c2)NN)CCCCC1. The highest BCUT2D eigenvalue weighted by Gasteiger charge is 2.40. The Labute approximate surface area is 122 Å². The zero-order valence-electron chi connectivity index (χ0n) is 12.8. The van der Waals surface area contributed by atoms with E-state index in [9.17, 15) is 0 Å². The summed E-state index contributed by atoms with van der Waals surface area (Å²) in [5.74, 6) is 5.87. The number of hydrogen-bond donors (Lipinski definition) is 2. The van der Waals surface area contributed by atoms with Gasteiger partial charge in [-0.1, -0.05) is 49.1 Å². The first-order valence-corrected chi connectivity index (χ1v) is 7.86. The van der Waals surface area contributed by atoms with Crippen LogP contribution in [0, 0.1) is 6.92 Å². The van der Waals surface area contributed by atoms with E-state index in [2.05, 4.69) is 43.5 Å². The van der Waals surface area contributed by atoms with Crippen molar-refractivity contribution in [2.24, 2.45) is 5.84 Å². The van der Waals surface area contributed by atoms with Crippen LogP contribution in [-0.2, 0) is 11.2 Å². The Hall–Kier alpha value is -0.900. The molecule has 2 rings (SSSR count). The minimum Gasteiger partial charge on any atom is -0.374 e. The molecule has 0 saturated heterocycles. The number of hydrogen-bond acceptors (Lipinski definition) is 3. The van der Waals surface area contributed by atoms with E-state index in [1.54, 1.807) is 0 Å². The molecule has 1 unspecified atom stereocenters. The Morgan fingerprint density at radius 3 is 2.65 bits per heavy atom. The summed E-state index contributed by atoms with van der Waals surface area (Å²) in [5.41, 5.74) is 5.58. The number of benzene rings is 1. The summed E-state index contributed by atoms with van der Waals surface area (Å²) in [7, 11) is 0. The molecule has 1 atom stereocenters. The molecule has 1 fully saturated rings. The van der Waals surface area contributed by atoms with E-state index in [0.717, 1.165) is 25.9 Å². The Bertz CT molecular complexity index is 408. The lowest BCUT2D eigenvalue weighted by molar-refractivity contribution is -0.0898. The van der Waals surface area contributed by atoms with Crippen LogP contribution in [0.25, 0.3) is 0 Å². The molecule has 0 amide bonds. The van der Waals surface area contributed by atoms with Crippen molar-refractivity contribution in [2.75, 3.05) is 6.61 Å². The van der Waals surface area contributed by atoms with Crippen LogP contribution < -0.4 is 11.3 Å². The standard InChI is InChI=1S/C17H28N2O/c1-3-20-17(10-5-4-6-11-17)16(19-18)13-15-9-7-8-14(2)12-15/h7-9,12,16,19H,3-6,10-11,13,18H2,1-2H3. The van der Waals surface area contributed by atoms with Gasteiger partial charge in [-0.05, 0) is 38.7 Å². The van der Waals surface area contributed by atoms with Crippen molar-refractivity contribution < 1.29 is 4.74 Å². The Kier molecular flexibility index (Phi) is 5.58. The van der Waals surface area contributed by atoms with E-state index < -0.39 is 0 Å². The fraction of sp³-hybridized carbons (Fsp3) is 0.647. The maximum absolute atomic E-state index is 6.18. The van der Waals surface area contributed by atoms with Crippen LogP contribution in [-0.4, -0.2) is 18.2 Å². The summed E-state index contributed by atoms with van der Waals surface area (Å²) >= 11 is 0. The van der Waals surface area contributed by atoms with Crippen LogP contribution in [0.2, 0.25) is 0 Å². The fourth-order valence-electron chi connectivity index (χ4n) is 3.50. The molecule has 0 spiro atoms. The summed E-state index contributed by atoms with van der Waals surface area (Å²) in [6.45, 7) is 4.97. The minimum absolute atomic E-state index is 0.0918. The van der Waals surface area contributed by atoms with Gasteiger partial charge in [0, 0.05) is 6.61 Å². The van der Waals surface area contributed by atoms with Gasteiger partial charge < -0.3 is 4.74 Å². The van der Waals surface area contributed by atoms with Gasteiger partial charge in [-0.2, -0.15) is 0 Å². The molecule has 0 aromatic heterocycles. The van der Waals surface area contributed by atoms with Crippen LogP contribution in [0.3, 0.4) is 0 Å². The van der Waals surface area contributed by atoms with Gasteiger partial charge in [-0.25, -0.2) is 0 Å². The van der Waals surface area contributed by atoms with E-state index in [1.807, 2.05) is 0 Å². The average Bonchev–Trinajstić information content (AvgIpc) is 2.46. The Balaban J connectivity index is 2.15. The van der Waals surface area contributed by atoms with Gasteiger partial charge in [0.25, 0.3) is 0 Å². The van der Waals surface area contributed by atoms with Crippen LogP contribution in [0.1, 0.15) is 50.2 Å². The van der Waals surface area contributed by atoms with Crippen molar-refractivity contribution in [1.82, 2.24) is 5.43 Å². The predicted molar refractivity (Wildman–Crippen MR) is 83.4 cm³/mol. The highest BCUT2D eigenvalue weighted by Crippen LogP contribution is 2.35. The molecule has 3 N–H and O–H groups in total. The summed E-state index contributed by atoms with van der Waals surface area (Å²) in [4.78, 5) is 0. The lowest BCUT2D eigenvalue weighted by atomic mass is 9.77. The van der Waals surface area contributed by atoms with Crippen LogP contribution in [0.4, 0.5) is 0 Å². The van der Waals surface area contributed by atoms with Gasteiger partial charge in [0.05, 0.1) is 11.6 Å². The number of ether oxygens (including phenoxy) is 1. The minimum atomic E-state index is -0.0918. The van der Waals surface area contributed by atoms with E-state index in [-0.39, 0.29) is 11.6 Å². The zero-order valence-corrected chi connectivity index (χ0v) is 12.8. The molecule has 20 heavy (non-hydrogen) atoms. The first kappa shape index (κ1) is 15.5. The normalized spacial score (nSPS) is 19.8. The van der Waals surface area contributed by atoms with Gasteiger partial charge >= 0.3 is 0 Å². The largest absolute Gasteiger partial charge is 0.374 e. The average molecular weight is 276 g/mol. The fourth-order valence-corrected chi connectivity index (χ4v) is 3.50. The molecule has 3 nitrogen and oxygen atoms in total. The molecule has 112 valence electrons. The number of nitrogens with one attached hydrogen (secondary N) is 1. The van der Waals surface area contributed by atoms with Crippen molar-refractivity contribution >= 4 is 0 Å². The first-order valence-electron chi connectivity index (χ1n) is 7.86. The van der Waals surface area contributed by atoms with E-state index in [0.29, 0.717) is 0 Å². The second-order valence-corrected chi connectivity index (χ2v) is 5.97. The van der Waals surface area contributed by atoms with Crippen LogP contribution >= 0.6 is 0 Å². The first-order chi connectivity index (χ1) is 9.70. The molecule has 1 aromatic rings. The summed E-state index contributed by atoms with van der Waals surface area (Å²) in [6.07, 6.45) is 6.95. The molecule has 1 aliphatic carbocycles. The third-order valence-electron chi connectivity index (χ3n) is 4.49. The Morgan fingerprint density at radius 2 is 2.05 bits per heavy atom.